The van der Waals surface area contributed by atoms with Gasteiger partial charge in [-0.15, -0.1) is 0 Å². The summed E-state index contributed by atoms with van der Waals surface area (Å²) < 4.78 is 26.0. The minimum absolute atomic E-state index is 0.0526. The van der Waals surface area contributed by atoms with Gasteiger partial charge in [-0.1, -0.05) is 6.92 Å². The van der Waals surface area contributed by atoms with Gasteiger partial charge in [0.25, 0.3) is 5.92 Å². The topological polar surface area (TPSA) is 3.24 Å². The zero-order valence-electron chi connectivity index (χ0n) is 7.98. The summed E-state index contributed by atoms with van der Waals surface area (Å²) in [7, 11) is 3.92. The molecule has 12 heavy (non-hydrogen) atoms. The first-order valence-corrected chi connectivity index (χ1v) is 4.47. The standard InChI is InChI=1S/C9H17F2N/c1-7-6-8(12(2)3)4-5-9(7,10)11/h7-8H,4-6H2,1-3H3/t7?,8-/m1/s1. The molecule has 1 unspecified atom stereocenters. The molecule has 0 heterocycles. The molecule has 1 nitrogen and oxygen atoms in total. The first kappa shape index (κ1) is 9.90. The molecule has 0 saturated heterocycles. The number of halogens is 2. The van der Waals surface area contributed by atoms with Crippen LogP contribution in [0.2, 0.25) is 0 Å². The molecule has 0 aromatic carbocycles. The fourth-order valence-corrected chi connectivity index (χ4v) is 1.77. The van der Waals surface area contributed by atoms with Crippen LogP contribution in [-0.2, 0) is 0 Å². The van der Waals surface area contributed by atoms with Gasteiger partial charge in [0, 0.05) is 18.4 Å². The third-order valence-electron chi connectivity index (χ3n) is 2.89. The molecule has 0 N–H and O–H groups in total. The largest absolute Gasteiger partial charge is 0.306 e. The lowest BCUT2D eigenvalue weighted by Gasteiger charge is -2.36. The Balaban J connectivity index is 2.52. The molecule has 0 amide bonds. The van der Waals surface area contributed by atoms with Crippen LogP contribution in [0.1, 0.15) is 26.2 Å². The van der Waals surface area contributed by atoms with E-state index >= 15 is 0 Å². The van der Waals surface area contributed by atoms with E-state index in [1.165, 1.54) is 0 Å². The minimum Gasteiger partial charge on any atom is -0.306 e. The molecule has 0 spiro atoms. The molecule has 1 aliphatic carbocycles. The van der Waals surface area contributed by atoms with Gasteiger partial charge >= 0.3 is 0 Å². The van der Waals surface area contributed by atoms with Crippen LogP contribution >= 0.6 is 0 Å². The van der Waals surface area contributed by atoms with E-state index in [4.69, 9.17) is 0 Å². The van der Waals surface area contributed by atoms with Crippen molar-refractivity contribution in [2.24, 2.45) is 5.92 Å². The first-order chi connectivity index (χ1) is 5.43. The van der Waals surface area contributed by atoms with Crippen molar-refractivity contribution in [2.45, 2.75) is 38.2 Å². The summed E-state index contributed by atoms with van der Waals surface area (Å²) in [5.41, 5.74) is 0. The highest BCUT2D eigenvalue weighted by atomic mass is 19.3. The average Bonchev–Trinajstić information content (AvgIpc) is 1.94. The van der Waals surface area contributed by atoms with Gasteiger partial charge < -0.3 is 4.90 Å². The summed E-state index contributed by atoms with van der Waals surface area (Å²) in [6.07, 6.45) is 1.31. The van der Waals surface area contributed by atoms with Crippen molar-refractivity contribution in [3.05, 3.63) is 0 Å². The molecule has 1 saturated carbocycles. The number of hydrogen-bond acceptors (Lipinski definition) is 1. The van der Waals surface area contributed by atoms with E-state index in [9.17, 15) is 8.78 Å². The SMILES string of the molecule is CC1C[C@H](N(C)C)CCC1(F)F. The Morgan fingerprint density at radius 3 is 2.33 bits per heavy atom. The van der Waals surface area contributed by atoms with Crippen LogP contribution in [0.15, 0.2) is 0 Å². The second kappa shape index (κ2) is 3.29. The van der Waals surface area contributed by atoms with Gasteiger partial charge in [0.1, 0.15) is 0 Å². The van der Waals surface area contributed by atoms with Gasteiger partial charge in [-0.3, -0.25) is 0 Å². The second-order valence-corrected chi connectivity index (χ2v) is 4.05. The van der Waals surface area contributed by atoms with E-state index in [-0.39, 0.29) is 6.42 Å². The van der Waals surface area contributed by atoms with Crippen LogP contribution in [0.25, 0.3) is 0 Å². The number of rotatable bonds is 1. The first-order valence-electron chi connectivity index (χ1n) is 4.47. The summed E-state index contributed by atoms with van der Waals surface area (Å²) in [5, 5.41) is 0. The smallest absolute Gasteiger partial charge is 0.250 e. The molecule has 0 aliphatic heterocycles. The maximum absolute atomic E-state index is 13.0. The number of alkyl halides is 2. The predicted octanol–water partition coefficient (Wildman–Crippen LogP) is 2.37. The molecule has 1 rings (SSSR count). The third-order valence-corrected chi connectivity index (χ3v) is 2.89. The maximum atomic E-state index is 13.0. The molecule has 3 heteroatoms. The van der Waals surface area contributed by atoms with Crippen LogP contribution in [-0.4, -0.2) is 31.0 Å². The molecule has 0 bridgehead atoms. The summed E-state index contributed by atoms with van der Waals surface area (Å²) >= 11 is 0. The predicted molar refractivity (Wildman–Crippen MR) is 45.4 cm³/mol. The van der Waals surface area contributed by atoms with Gasteiger partial charge in [-0.05, 0) is 26.9 Å². The summed E-state index contributed by atoms with van der Waals surface area (Å²) in [5.74, 6) is -2.88. The summed E-state index contributed by atoms with van der Waals surface area (Å²) in [6.45, 7) is 1.65. The Morgan fingerprint density at radius 2 is 1.92 bits per heavy atom. The molecular weight excluding hydrogens is 160 g/mol. The van der Waals surface area contributed by atoms with E-state index in [1.54, 1.807) is 6.92 Å². The lowest BCUT2D eigenvalue weighted by molar-refractivity contribution is -0.0931. The zero-order chi connectivity index (χ0) is 9.35. The van der Waals surface area contributed by atoms with Gasteiger partial charge in [-0.25, -0.2) is 8.78 Å². The van der Waals surface area contributed by atoms with E-state index in [0.717, 1.165) is 0 Å². The van der Waals surface area contributed by atoms with Crippen molar-refractivity contribution in [1.29, 1.82) is 0 Å². The summed E-state index contributed by atoms with van der Waals surface area (Å²) in [6, 6.07) is 0.347. The highest BCUT2D eigenvalue weighted by Gasteiger charge is 2.41. The van der Waals surface area contributed by atoms with Crippen LogP contribution in [0, 0.1) is 5.92 Å². The van der Waals surface area contributed by atoms with Crippen molar-refractivity contribution in [3.63, 3.8) is 0 Å². The van der Waals surface area contributed by atoms with E-state index in [2.05, 4.69) is 0 Å². The molecular formula is C9H17F2N. The zero-order valence-corrected chi connectivity index (χ0v) is 7.98. The molecule has 1 aliphatic rings. The van der Waals surface area contributed by atoms with Crippen molar-refractivity contribution in [3.8, 4) is 0 Å². The van der Waals surface area contributed by atoms with Gasteiger partial charge in [0.05, 0.1) is 0 Å². The van der Waals surface area contributed by atoms with Gasteiger partial charge in [0.2, 0.25) is 0 Å². The normalized spacial score (nSPS) is 35.5. The fraction of sp³-hybridized carbons (Fsp3) is 1.00. The van der Waals surface area contributed by atoms with Crippen LogP contribution in [0.4, 0.5) is 8.78 Å². The quantitative estimate of drug-likeness (QED) is 0.594. The lowest BCUT2D eigenvalue weighted by Crippen LogP contribution is -2.41. The molecule has 0 aromatic heterocycles. The molecule has 2 atom stereocenters. The maximum Gasteiger partial charge on any atom is 0.250 e. The average molecular weight is 177 g/mol. The number of hydrogen-bond donors (Lipinski definition) is 0. The molecule has 0 radical (unpaired) electrons. The highest BCUT2D eigenvalue weighted by molar-refractivity contribution is 4.86. The molecule has 72 valence electrons. The van der Waals surface area contributed by atoms with Crippen molar-refractivity contribution in [2.75, 3.05) is 14.1 Å². The van der Waals surface area contributed by atoms with Crippen LogP contribution in [0.3, 0.4) is 0 Å². The Morgan fingerprint density at radius 1 is 1.33 bits per heavy atom. The van der Waals surface area contributed by atoms with E-state index < -0.39 is 11.8 Å². The van der Waals surface area contributed by atoms with Gasteiger partial charge in [0.15, 0.2) is 0 Å². The van der Waals surface area contributed by atoms with E-state index in [1.807, 2.05) is 19.0 Å². The van der Waals surface area contributed by atoms with Crippen molar-refractivity contribution < 1.29 is 8.78 Å². The van der Waals surface area contributed by atoms with Gasteiger partial charge in [-0.2, -0.15) is 0 Å². The van der Waals surface area contributed by atoms with Crippen LogP contribution < -0.4 is 0 Å². The Kier molecular flexibility index (Phi) is 2.71. The van der Waals surface area contributed by atoms with Crippen molar-refractivity contribution >= 4 is 0 Å². The minimum atomic E-state index is -2.42. The monoisotopic (exact) mass is 177 g/mol. The fourth-order valence-electron chi connectivity index (χ4n) is 1.77. The second-order valence-electron chi connectivity index (χ2n) is 4.05. The molecule has 1 fully saturated rings. The summed E-state index contributed by atoms with van der Waals surface area (Å²) in [4.78, 5) is 2.05. The molecule has 0 aromatic rings. The Hall–Kier alpha value is -0.180. The Bertz CT molecular complexity index is 157. The van der Waals surface area contributed by atoms with Crippen LogP contribution in [0.5, 0.6) is 0 Å². The highest BCUT2D eigenvalue weighted by Crippen LogP contribution is 2.39. The number of nitrogens with zero attached hydrogens (tertiary/aromatic N) is 1. The lowest BCUT2D eigenvalue weighted by atomic mass is 9.83. The third kappa shape index (κ3) is 1.94. The Labute approximate surface area is 72.7 Å². The van der Waals surface area contributed by atoms with Crippen molar-refractivity contribution in [1.82, 2.24) is 4.90 Å². The van der Waals surface area contributed by atoms with E-state index in [0.29, 0.717) is 18.9 Å².